The summed E-state index contributed by atoms with van der Waals surface area (Å²) in [6.07, 6.45) is 7.64. The number of likely N-dealkylation sites (tertiary alicyclic amines) is 1. The number of nitrogens with one attached hydrogen (secondary N) is 1. The van der Waals surface area contributed by atoms with E-state index in [9.17, 15) is 0 Å². The number of halogens is 1. The lowest BCUT2D eigenvalue weighted by atomic mass is 10.0. The highest BCUT2D eigenvalue weighted by Crippen LogP contribution is 2.14. The van der Waals surface area contributed by atoms with Crippen LogP contribution < -0.4 is 5.43 Å². The van der Waals surface area contributed by atoms with E-state index in [1.54, 1.807) is 0 Å². The van der Waals surface area contributed by atoms with E-state index < -0.39 is 0 Å². The van der Waals surface area contributed by atoms with Gasteiger partial charge in [-0.05, 0) is 49.1 Å². The van der Waals surface area contributed by atoms with Crippen molar-refractivity contribution in [2.45, 2.75) is 25.3 Å². The summed E-state index contributed by atoms with van der Waals surface area (Å²) in [5.74, 6) is 0. The topological polar surface area (TPSA) is 20.2 Å². The highest BCUT2D eigenvalue weighted by atomic mass is 35.5. The van der Waals surface area contributed by atoms with Crippen LogP contribution in [0.1, 0.15) is 18.4 Å². The van der Waals surface area contributed by atoms with Crippen LogP contribution in [0.2, 0.25) is 5.02 Å². The molecule has 1 N–H and O–H groups in total. The molecule has 112 valence electrons. The molecule has 0 spiro atoms. The average molecular weight is 304 g/mol. The molecule has 0 aliphatic carbocycles. The van der Waals surface area contributed by atoms with Crippen molar-refractivity contribution in [2.75, 3.05) is 25.1 Å². The zero-order valence-corrected chi connectivity index (χ0v) is 13.0. The molecule has 1 aromatic heterocycles. The Morgan fingerprint density at radius 2 is 1.71 bits per heavy atom. The van der Waals surface area contributed by atoms with Crippen molar-refractivity contribution in [3.05, 3.63) is 59.4 Å². The SMILES string of the molecule is Clc1ccc(CCN2CCC(Nn3cccc3)CC2)cc1. The van der Waals surface area contributed by atoms with E-state index in [1.807, 2.05) is 24.3 Å². The molecule has 0 bridgehead atoms. The Morgan fingerprint density at radius 1 is 1.05 bits per heavy atom. The number of aromatic nitrogens is 1. The van der Waals surface area contributed by atoms with Gasteiger partial charge in [0.1, 0.15) is 0 Å². The predicted molar refractivity (Wildman–Crippen MR) is 88.4 cm³/mol. The van der Waals surface area contributed by atoms with Crippen LogP contribution in [0.25, 0.3) is 0 Å². The van der Waals surface area contributed by atoms with Gasteiger partial charge < -0.3 is 10.3 Å². The first-order chi connectivity index (χ1) is 10.3. The van der Waals surface area contributed by atoms with Crippen LogP contribution in [0.15, 0.2) is 48.8 Å². The van der Waals surface area contributed by atoms with Crippen LogP contribution in [0.3, 0.4) is 0 Å². The fraction of sp³-hybridized carbons (Fsp3) is 0.412. The Balaban J connectivity index is 1.40. The minimum absolute atomic E-state index is 0.587. The Morgan fingerprint density at radius 3 is 2.38 bits per heavy atom. The monoisotopic (exact) mass is 303 g/mol. The lowest BCUT2D eigenvalue weighted by Gasteiger charge is -2.33. The largest absolute Gasteiger partial charge is 0.323 e. The van der Waals surface area contributed by atoms with Crippen molar-refractivity contribution in [1.29, 1.82) is 0 Å². The number of nitrogens with zero attached hydrogens (tertiary/aromatic N) is 2. The van der Waals surface area contributed by atoms with E-state index >= 15 is 0 Å². The molecule has 3 nitrogen and oxygen atoms in total. The summed E-state index contributed by atoms with van der Waals surface area (Å²) in [4.78, 5) is 2.56. The molecule has 1 aliphatic heterocycles. The predicted octanol–water partition coefficient (Wildman–Crippen LogP) is 3.39. The molecule has 1 fully saturated rings. The molecular formula is C17H22ClN3. The molecule has 3 rings (SSSR count). The summed E-state index contributed by atoms with van der Waals surface area (Å²) in [6.45, 7) is 3.48. The Kier molecular flexibility index (Phi) is 4.84. The summed E-state index contributed by atoms with van der Waals surface area (Å²) in [6, 6.07) is 12.9. The molecule has 0 saturated carbocycles. The highest BCUT2D eigenvalue weighted by Gasteiger charge is 2.18. The lowest BCUT2D eigenvalue weighted by molar-refractivity contribution is 0.217. The standard InChI is InChI=1S/C17H22ClN3/c18-16-5-3-15(4-6-16)7-12-20-13-8-17(9-14-20)19-21-10-1-2-11-21/h1-6,10-11,17,19H,7-9,12-14H2. The molecule has 0 radical (unpaired) electrons. The fourth-order valence-electron chi connectivity index (χ4n) is 2.86. The third kappa shape index (κ3) is 4.26. The summed E-state index contributed by atoms with van der Waals surface area (Å²) in [7, 11) is 0. The summed E-state index contributed by atoms with van der Waals surface area (Å²) in [5.41, 5.74) is 4.90. The van der Waals surface area contributed by atoms with Crippen LogP contribution in [0, 0.1) is 0 Å². The summed E-state index contributed by atoms with van der Waals surface area (Å²) in [5, 5.41) is 0.815. The third-order valence-corrected chi connectivity index (χ3v) is 4.41. The number of piperidine rings is 1. The van der Waals surface area contributed by atoms with Gasteiger partial charge in [0, 0.05) is 43.1 Å². The van der Waals surface area contributed by atoms with Gasteiger partial charge in [-0.15, -0.1) is 0 Å². The van der Waals surface area contributed by atoms with Crippen molar-refractivity contribution >= 4 is 11.6 Å². The van der Waals surface area contributed by atoms with E-state index in [2.05, 4.69) is 39.5 Å². The number of hydrogen-bond donors (Lipinski definition) is 1. The molecule has 1 saturated heterocycles. The number of hydrogen-bond acceptors (Lipinski definition) is 2. The first-order valence-corrected chi connectivity index (χ1v) is 8.04. The van der Waals surface area contributed by atoms with E-state index in [4.69, 9.17) is 11.6 Å². The highest BCUT2D eigenvalue weighted by molar-refractivity contribution is 6.30. The van der Waals surface area contributed by atoms with Crippen molar-refractivity contribution in [2.24, 2.45) is 0 Å². The second-order valence-electron chi connectivity index (χ2n) is 5.71. The second-order valence-corrected chi connectivity index (χ2v) is 6.15. The van der Waals surface area contributed by atoms with E-state index in [0.717, 1.165) is 18.0 Å². The minimum atomic E-state index is 0.587. The molecule has 21 heavy (non-hydrogen) atoms. The van der Waals surface area contributed by atoms with Crippen LogP contribution in [0.5, 0.6) is 0 Å². The van der Waals surface area contributed by atoms with Crippen molar-refractivity contribution in [1.82, 2.24) is 9.58 Å². The quantitative estimate of drug-likeness (QED) is 0.913. The number of benzene rings is 1. The molecule has 1 aromatic carbocycles. The minimum Gasteiger partial charge on any atom is -0.323 e. The van der Waals surface area contributed by atoms with Gasteiger partial charge in [-0.2, -0.15) is 0 Å². The van der Waals surface area contributed by atoms with Crippen LogP contribution in [-0.2, 0) is 6.42 Å². The van der Waals surface area contributed by atoms with Gasteiger partial charge in [-0.25, -0.2) is 0 Å². The third-order valence-electron chi connectivity index (χ3n) is 4.15. The molecule has 2 heterocycles. The van der Waals surface area contributed by atoms with E-state index in [-0.39, 0.29) is 0 Å². The molecule has 2 aromatic rings. The van der Waals surface area contributed by atoms with Gasteiger partial charge in [0.2, 0.25) is 0 Å². The Labute approximate surface area is 131 Å². The smallest absolute Gasteiger partial charge is 0.0448 e. The molecular weight excluding hydrogens is 282 g/mol. The van der Waals surface area contributed by atoms with Gasteiger partial charge in [-0.1, -0.05) is 23.7 Å². The molecule has 0 amide bonds. The van der Waals surface area contributed by atoms with E-state index in [1.165, 1.54) is 31.5 Å². The molecule has 0 atom stereocenters. The maximum Gasteiger partial charge on any atom is 0.0448 e. The van der Waals surface area contributed by atoms with E-state index in [0.29, 0.717) is 6.04 Å². The van der Waals surface area contributed by atoms with Crippen LogP contribution >= 0.6 is 11.6 Å². The molecule has 0 unspecified atom stereocenters. The normalized spacial score (nSPS) is 17.0. The average Bonchev–Trinajstić information content (AvgIpc) is 3.01. The molecule has 1 aliphatic rings. The maximum atomic E-state index is 5.92. The van der Waals surface area contributed by atoms with Gasteiger partial charge in [0.15, 0.2) is 0 Å². The van der Waals surface area contributed by atoms with Crippen molar-refractivity contribution in [3.63, 3.8) is 0 Å². The van der Waals surface area contributed by atoms with Crippen LogP contribution in [-0.4, -0.2) is 35.3 Å². The van der Waals surface area contributed by atoms with Gasteiger partial charge >= 0.3 is 0 Å². The zero-order valence-electron chi connectivity index (χ0n) is 12.2. The second kappa shape index (κ2) is 7.01. The first kappa shape index (κ1) is 14.5. The first-order valence-electron chi connectivity index (χ1n) is 7.66. The van der Waals surface area contributed by atoms with Gasteiger partial charge in [0.05, 0.1) is 0 Å². The van der Waals surface area contributed by atoms with Crippen molar-refractivity contribution in [3.8, 4) is 0 Å². The fourth-order valence-corrected chi connectivity index (χ4v) is 2.98. The zero-order chi connectivity index (χ0) is 14.5. The lowest BCUT2D eigenvalue weighted by Crippen LogP contribution is -2.41. The number of rotatable bonds is 5. The van der Waals surface area contributed by atoms with Gasteiger partial charge in [0.25, 0.3) is 0 Å². The van der Waals surface area contributed by atoms with Crippen molar-refractivity contribution < 1.29 is 0 Å². The summed E-state index contributed by atoms with van der Waals surface area (Å²) >= 11 is 5.92. The Bertz CT molecular complexity index is 528. The molecule has 4 heteroatoms. The summed E-state index contributed by atoms with van der Waals surface area (Å²) < 4.78 is 2.06. The van der Waals surface area contributed by atoms with Gasteiger partial charge in [-0.3, -0.25) is 4.68 Å². The maximum absolute atomic E-state index is 5.92. The Hall–Kier alpha value is -1.45. The van der Waals surface area contributed by atoms with Crippen LogP contribution in [0.4, 0.5) is 0 Å².